The lowest BCUT2D eigenvalue weighted by molar-refractivity contribution is 0.0950. The van der Waals surface area contributed by atoms with E-state index in [4.69, 9.17) is 4.74 Å². The van der Waals surface area contributed by atoms with Crippen LogP contribution >= 0.6 is 0 Å². The zero-order chi connectivity index (χ0) is 21.6. The Balaban J connectivity index is 1.58. The van der Waals surface area contributed by atoms with E-state index in [-0.39, 0.29) is 10.8 Å². The van der Waals surface area contributed by atoms with E-state index in [1.807, 2.05) is 54.6 Å². The second-order valence-corrected chi connectivity index (χ2v) is 9.07. The van der Waals surface area contributed by atoms with E-state index in [2.05, 4.69) is 5.32 Å². The molecule has 0 atom stereocenters. The molecule has 0 heterocycles. The van der Waals surface area contributed by atoms with Gasteiger partial charge in [-0.3, -0.25) is 4.79 Å². The summed E-state index contributed by atoms with van der Waals surface area (Å²) < 4.78 is 31.2. The average Bonchev–Trinajstić information content (AvgIpc) is 2.77. The molecule has 0 fully saturated rings. The molecule has 0 unspecified atom stereocenters. The van der Waals surface area contributed by atoms with Gasteiger partial charge in [0, 0.05) is 26.2 Å². The molecule has 1 N–H and O–H groups in total. The van der Waals surface area contributed by atoms with Gasteiger partial charge in [-0.05, 0) is 47.5 Å². The summed E-state index contributed by atoms with van der Waals surface area (Å²) in [5.41, 5.74) is 2.38. The number of nitrogens with one attached hydrogen (secondary N) is 1. The number of carbonyl (C=O) groups excluding carboxylic acids is 1. The molecule has 0 aromatic heterocycles. The topological polar surface area (TPSA) is 75.7 Å². The summed E-state index contributed by atoms with van der Waals surface area (Å²) in [6, 6.07) is 23.3. The van der Waals surface area contributed by atoms with Crippen LogP contribution in [0.4, 0.5) is 0 Å². The Hall–Kier alpha value is -3.16. The Bertz CT molecular complexity index is 1100. The third kappa shape index (κ3) is 5.46. The number of nitrogens with zero attached hydrogens (tertiary/aromatic N) is 1. The van der Waals surface area contributed by atoms with Crippen molar-refractivity contribution in [1.29, 1.82) is 0 Å². The van der Waals surface area contributed by atoms with Crippen LogP contribution in [-0.2, 0) is 23.2 Å². The molecule has 0 aliphatic rings. The lowest BCUT2D eigenvalue weighted by Crippen LogP contribution is -2.24. The van der Waals surface area contributed by atoms with Crippen LogP contribution < -0.4 is 10.1 Å². The zero-order valence-electron chi connectivity index (χ0n) is 16.9. The van der Waals surface area contributed by atoms with Gasteiger partial charge in [0.25, 0.3) is 5.91 Å². The molecule has 0 radical (unpaired) electrons. The van der Waals surface area contributed by atoms with Crippen molar-refractivity contribution in [2.24, 2.45) is 0 Å². The van der Waals surface area contributed by atoms with Crippen LogP contribution in [0.15, 0.2) is 83.8 Å². The normalized spacial score (nSPS) is 11.3. The molecule has 30 heavy (non-hydrogen) atoms. The molecule has 0 saturated heterocycles. The Morgan fingerprint density at radius 3 is 2.23 bits per heavy atom. The lowest BCUT2D eigenvalue weighted by Gasteiger charge is -2.12. The summed E-state index contributed by atoms with van der Waals surface area (Å²) in [5.74, 6) is 0.447. The highest BCUT2D eigenvalue weighted by atomic mass is 32.2. The number of ether oxygens (including phenoxy) is 1. The van der Waals surface area contributed by atoms with Gasteiger partial charge in [-0.2, -0.15) is 0 Å². The molecule has 3 aromatic carbocycles. The molecule has 3 rings (SSSR count). The summed E-state index contributed by atoms with van der Waals surface area (Å²) in [7, 11) is -0.585. The van der Waals surface area contributed by atoms with E-state index in [0.717, 1.165) is 21.2 Å². The maximum Gasteiger partial charge on any atom is 0.251 e. The maximum atomic E-state index is 12.4. The van der Waals surface area contributed by atoms with Crippen molar-refractivity contribution in [1.82, 2.24) is 9.62 Å². The third-order valence-electron chi connectivity index (χ3n) is 4.49. The summed E-state index contributed by atoms with van der Waals surface area (Å²) in [6.45, 7) is 0.804. The second-order valence-electron chi connectivity index (χ2n) is 6.92. The van der Waals surface area contributed by atoms with E-state index in [1.54, 1.807) is 0 Å². The molecule has 0 aliphatic carbocycles. The first-order valence-corrected chi connectivity index (χ1v) is 10.9. The zero-order valence-corrected chi connectivity index (χ0v) is 17.7. The molecule has 7 heteroatoms. The van der Waals surface area contributed by atoms with Crippen molar-refractivity contribution in [3.05, 3.63) is 95.6 Å². The first kappa shape index (κ1) is 21.5. The van der Waals surface area contributed by atoms with Crippen LogP contribution in [-0.4, -0.2) is 32.7 Å². The van der Waals surface area contributed by atoms with Gasteiger partial charge >= 0.3 is 0 Å². The summed E-state index contributed by atoms with van der Waals surface area (Å²) >= 11 is 0. The standard InChI is InChI=1S/C23H24N2O4S/c1-25(2)30(27,28)22-13-11-20(12-14-22)23(26)24-16-19-9-6-10-21(15-19)29-17-18-7-4-3-5-8-18/h3-15H,16-17H2,1-2H3,(H,24,26). The molecule has 156 valence electrons. The fourth-order valence-corrected chi connectivity index (χ4v) is 3.66. The van der Waals surface area contributed by atoms with Crippen molar-refractivity contribution in [3.8, 4) is 5.75 Å². The highest BCUT2D eigenvalue weighted by molar-refractivity contribution is 7.89. The number of hydrogen-bond donors (Lipinski definition) is 1. The number of sulfonamides is 1. The molecule has 3 aromatic rings. The van der Waals surface area contributed by atoms with E-state index in [1.165, 1.54) is 38.4 Å². The Kier molecular flexibility index (Phi) is 6.87. The highest BCUT2D eigenvalue weighted by Gasteiger charge is 2.17. The van der Waals surface area contributed by atoms with Crippen LogP contribution in [0.1, 0.15) is 21.5 Å². The SMILES string of the molecule is CN(C)S(=O)(=O)c1ccc(C(=O)NCc2cccc(OCc3ccccc3)c2)cc1. The number of benzene rings is 3. The van der Waals surface area contributed by atoms with Gasteiger partial charge in [0.05, 0.1) is 4.90 Å². The molecular formula is C23H24N2O4S. The van der Waals surface area contributed by atoms with Crippen LogP contribution in [0.2, 0.25) is 0 Å². The van der Waals surface area contributed by atoms with E-state index < -0.39 is 10.0 Å². The predicted octanol–water partition coefficient (Wildman–Crippen LogP) is 3.45. The molecule has 6 nitrogen and oxygen atoms in total. The van der Waals surface area contributed by atoms with Crippen LogP contribution in [0.5, 0.6) is 5.75 Å². The van der Waals surface area contributed by atoms with Crippen molar-refractivity contribution >= 4 is 15.9 Å². The lowest BCUT2D eigenvalue weighted by atomic mass is 10.2. The Morgan fingerprint density at radius 1 is 0.900 bits per heavy atom. The highest BCUT2D eigenvalue weighted by Crippen LogP contribution is 2.16. The number of carbonyl (C=O) groups is 1. The minimum absolute atomic E-state index is 0.146. The monoisotopic (exact) mass is 424 g/mol. The van der Waals surface area contributed by atoms with E-state index in [0.29, 0.717) is 18.7 Å². The van der Waals surface area contributed by atoms with Gasteiger partial charge in [0.2, 0.25) is 10.0 Å². The maximum absolute atomic E-state index is 12.4. The largest absolute Gasteiger partial charge is 0.489 e. The quantitative estimate of drug-likeness (QED) is 0.601. The van der Waals surface area contributed by atoms with Crippen LogP contribution in [0, 0.1) is 0 Å². The number of amides is 1. The number of rotatable bonds is 8. The van der Waals surface area contributed by atoms with E-state index in [9.17, 15) is 13.2 Å². The number of hydrogen-bond acceptors (Lipinski definition) is 4. The summed E-state index contributed by atoms with van der Waals surface area (Å²) in [6.07, 6.45) is 0. The van der Waals surface area contributed by atoms with Crippen molar-refractivity contribution < 1.29 is 17.9 Å². The average molecular weight is 425 g/mol. The van der Waals surface area contributed by atoms with Gasteiger partial charge in [0.1, 0.15) is 12.4 Å². The van der Waals surface area contributed by atoms with Gasteiger partial charge in [-0.25, -0.2) is 12.7 Å². The third-order valence-corrected chi connectivity index (χ3v) is 6.32. The van der Waals surface area contributed by atoms with Crippen LogP contribution in [0.3, 0.4) is 0 Å². The van der Waals surface area contributed by atoms with Crippen LogP contribution in [0.25, 0.3) is 0 Å². The predicted molar refractivity (Wildman–Crippen MR) is 116 cm³/mol. The molecular weight excluding hydrogens is 400 g/mol. The fourth-order valence-electron chi connectivity index (χ4n) is 2.76. The van der Waals surface area contributed by atoms with Gasteiger partial charge in [-0.1, -0.05) is 42.5 Å². The fraction of sp³-hybridized carbons (Fsp3) is 0.174. The van der Waals surface area contributed by atoms with Crippen molar-refractivity contribution in [3.63, 3.8) is 0 Å². The van der Waals surface area contributed by atoms with Crippen molar-refractivity contribution in [2.45, 2.75) is 18.0 Å². The van der Waals surface area contributed by atoms with Gasteiger partial charge in [0.15, 0.2) is 0 Å². The first-order chi connectivity index (χ1) is 14.4. The summed E-state index contributed by atoms with van der Waals surface area (Å²) in [4.78, 5) is 12.6. The molecule has 1 amide bonds. The smallest absolute Gasteiger partial charge is 0.251 e. The minimum atomic E-state index is -3.52. The Labute approximate surface area is 177 Å². The second kappa shape index (κ2) is 9.56. The molecule has 0 saturated carbocycles. The molecule has 0 aliphatic heterocycles. The van der Waals surface area contributed by atoms with Gasteiger partial charge in [-0.15, -0.1) is 0 Å². The summed E-state index contributed by atoms with van der Waals surface area (Å²) in [5, 5.41) is 2.84. The minimum Gasteiger partial charge on any atom is -0.489 e. The molecule has 0 spiro atoms. The van der Waals surface area contributed by atoms with Gasteiger partial charge < -0.3 is 10.1 Å². The van der Waals surface area contributed by atoms with E-state index >= 15 is 0 Å². The Morgan fingerprint density at radius 2 is 1.57 bits per heavy atom. The first-order valence-electron chi connectivity index (χ1n) is 9.43. The molecule has 0 bridgehead atoms. The van der Waals surface area contributed by atoms with Crippen molar-refractivity contribution in [2.75, 3.05) is 14.1 Å².